The quantitative estimate of drug-likeness (QED) is 0.0334. The summed E-state index contributed by atoms with van der Waals surface area (Å²) in [6, 6.07) is 0. The molecule has 0 aliphatic rings. The van der Waals surface area contributed by atoms with Crippen molar-refractivity contribution in [2.24, 2.45) is 0 Å². The van der Waals surface area contributed by atoms with Crippen LogP contribution in [0, 0.1) is 0 Å². The zero-order valence-corrected chi connectivity index (χ0v) is 32.3. The molecule has 3 N–H and O–H groups in total. The first-order chi connectivity index (χ1) is 23.6. The van der Waals surface area contributed by atoms with Gasteiger partial charge in [0.25, 0.3) is 0 Å². The number of nitrogens with zero attached hydrogens (tertiary/aromatic N) is 2. The SMILES string of the molecule is CCCCCC(OC(=O)C[N+](C)(C)CCOC(C)=O)C(O)C/C=C\CCCCCCCC(=O)NCCNC(=O)CC[N+](C)(C)CCOC(C)=O. The number of aliphatic hydroxyl groups excluding tert-OH is 1. The molecule has 13 nitrogen and oxygen atoms in total. The van der Waals surface area contributed by atoms with Crippen LogP contribution >= 0.6 is 0 Å². The lowest BCUT2D eigenvalue weighted by Crippen LogP contribution is -2.47. The smallest absolute Gasteiger partial charge is 0.362 e. The average molecular weight is 715 g/mol. The number of carbonyl (C=O) groups is 5. The molecule has 0 heterocycles. The van der Waals surface area contributed by atoms with Crippen LogP contribution in [-0.4, -0.2) is 137 Å². The third-order valence-electron chi connectivity index (χ3n) is 8.40. The number of hydrogen-bond donors (Lipinski definition) is 3. The molecule has 0 spiro atoms. The normalized spacial score (nSPS) is 13.0. The van der Waals surface area contributed by atoms with Crippen LogP contribution in [-0.2, 0) is 38.2 Å². The minimum absolute atomic E-state index is 0.00951. The monoisotopic (exact) mass is 715 g/mol. The van der Waals surface area contributed by atoms with Gasteiger partial charge in [0.05, 0.1) is 47.3 Å². The number of carbonyl (C=O) groups excluding carboxylic acids is 5. The molecule has 0 aliphatic heterocycles. The Balaban J connectivity index is 4.13. The number of ether oxygens (including phenoxy) is 3. The van der Waals surface area contributed by atoms with E-state index in [-0.39, 0.29) is 42.9 Å². The molecule has 0 aromatic heterocycles. The molecule has 0 bridgehead atoms. The van der Waals surface area contributed by atoms with Gasteiger partial charge in [-0.1, -0.05) is 51.2 Å². The molecule has 0 rings (SSSR count). The largest absolute Gasteiger partial charge is 0.460 e. The van der Waals surface area contributed by atoms with Gasteiger partial charge in [-0.2, -0.15) is 0 Å². The maximum atomic E-state index is 12.7. The second-order valence-corrected chi connectivity index (χ2v) is 14.4. The fourth-order valence-electron chi connectivity index (χ4n) is 5.11. The minimum atomic E-state index is -0.770. The van der Waals surface area contributed by atoms with Crippen molar-refractivity contribution in [2.45, 2.75) is 116 Å². The summed E-state index contributed by atoms with van der Waals surface area (Å²) in [6.07, 6.45) is 13.3. The van der Waals surface area contributed by atoms with Crippen molar-refractivity contribution in [1.29, 1.82) is 0 Å². The van der Waals surface area contributed by atoms with Crippen molar-refractivity contribution in [3.63, 3.8) is 0 Å². The Morgan fingerprint density at radius 1 is 0.700 bits per heavy atom. The van der Waals surface area contributed by atoms with Crippen LogP contribution in [0.25, 0.3) is 0 Å². The Hall–Kier alpha value is -3.03. The van der Waals surface area contributed by atoms with Gasteiger partial charge in [0.1, 0.15) is 32.4 Å². The number of amides is 2. The third-order valence-corrected chi connectivity index (χ3v) is 8.40. The van der Waals surface area contributed by atoms with Crippen LogP contribution in [0.5, 0.6) is 0 Å². The molecule has 290 valence electrons. The van der Waals surface area contributed by atoms with Crippen LogP contribution in [0.1, 0.15) is 104 Å². The van der Waals surface area contributed by atoms with E-state index in [0.29, 0.717) is 74.0 Å². The van der Waals surface area contributed by atoms with Crippen molar-refractivity contribution in [3.8, 4) is 0 Å². The second kappa shape index (κ2) is 27.7. The van der Waals surface area contributed by atoms with Crippen molar-refractivity contribution < 1.29 is 52.3 Å². The molecule has 2 unspecified atom stereocenters. The van der Waals surface area contributed by atoms with Gasteiger partial charge >= 0.3 is 17.9 Å². The van der Waals surface area contributed by atoms with Gasteiger partial charge in [0.15, 0.2) is 6.54 Å². The molecule has 0 fully saturated rings. The Morgan fingerprint density at radius 2 is 1.26 bits per heavy atom. The zero-order valence-electron chi connectivity index (χ0n) is 32.3. The summed E-state index contributed by atoms with van der Waals surface area (Å²) in [6.45, 7) is 8.05. The second-order valence-electron chi connectivity index (χ2n) is 14.4. The summed E-state index contributed by atoms with van der Waals surface area (Å²) in [5.74, 6) is -1.10. The van der Waals surface area contributed by atoms with Crippen LogP contribution in [0.4, 0.5) is 0 Å². The van der Waals surface area contributed by atoms with E-state index in [1.807, 2.05) is 34.3 Å². The maximum Gasteiger partial charge on any atom is 0.362 e. The summed E-state index contributed by atoms with van der Waals surface area (Å²) in [7, 11) is 7.72. The molecule has 0 saturated heterocycles. The standard InChI is InChI=1S/C37H68N4O9/c1-8-9-16-20-34(50-37(47)30-41(6,7)27-29-49-32(3)43)33(44)19-17-14-12-10-11-13-15-18-21-35(45)38-23-24-39-36(46)22-25-40(4,5)26-28-48-31(2)42/h14,17,33-34,44H,8-13,15-16,18-30H2,1-7H3/p+2/b17-14-. The molecule has 0 aromatic rings. The molecule has 0 aromatic carbocycles. The summed E-state index contributed by atoms with van der Waals surface area (Å²) >= 11 is 0. The first-order valence-electron chi connectivity index (χ1n) is 18.5. The number of aliphatic hydroxyl groups is 1. The minimum Gasteiger partial charge on any atom is -0.460 e. The maximum absolute atomic E-state index is 12.7. The van der Waals surface area contributed by atoms with E-state index in [0.717, 1.165) is 57.8 Å². The molecular formula is C37H70N4O9+2. The number of likely N-dealkylation sites (N-methyl/N-ethyl adjacent to an activating group) is 2. The van der Waals surface area contributed by atoms with E-state index in [2.05, 4.69) is 23.6 Å². The highest BCUT2D eigenvalue weighted by Gasteiger charge is 2.27. The highest BCUT2D eigenvalue weighted by atomic mass is 16.6. The first kappa shape index (κ1) is 47.0. The fourth-order valence-corrected chi connectivity index (χ4v) is 5.11. The summed E-state index contributed by atoms with van der Waals surface area (Å²) in [5.41, 5.74) is 0. The summed E-state index contributed by atoms with van der Waals surface area (Å²) < 4.78 is 16.6. The Morgan fingerprint density at radius 3 is 1.86 bits per heavy atom. The number of nitrogens with one attached hydrogen (secondary N) is 2. The lowest BCUT2D eigenvalue weighted by Gasteiger charge is -2.30. The highest BCUT2D eigenvalue weighted by Crippen LogP contribution is 2.16. The van der Waals surface area contributed by atoms with Crippen LogP contribution in [0.2, 0.25) is 0 Å². The molecule has 13 heteroatoms. The number of quaternary nitrogens is 2. The van der Waals surface area contributed by atoms with Gasteiger partial charge in [-0.25, -0.2) is 4.79 Å². The van der Waals surface area contributed by atoms with Crippen LogP contribution in [0.3, 0.4) is 0 Å². The van der Waals surface area contributed by atoms with Gasteiger partial charge in [0.2, 0.25) is 11.8 Å². The Bertz CT molecular complexity index is 1020. The van der Waals surface area contributed by atoms with Gasteiger partial charge in [-0.05, 0) is 38.5 Å². The van der Waals surface area contributed by atoms with Crippen LogP contribution in [0.15, 0.2) is 12.2 Å². The average Bonchev–Trinajstić information content (AvgIpc) is 3.01. The first-order valence-corrected chi connectivity index (χ1v) is 18.5. The topological polar surface area (TPSA) is 157 Å². The van der Waals surface area contributed by atoms with Gasteiger partial charge in [-0.3, -0.25) is 19.2 Å². The molecular weight excluding hydrogens is 644 g/mol. The highest BCUT2D eigenvalue weighted by molar-refractivity contribution is 5.77. The molecule has 0 saturated carbocycles. The van der Waals surface area contributed by atoms with Crippen LogP contribution < -0.4 is 10.6 Å². The van der Waals surface area contributed by atoms with E-state index in [1.54, 1.807) is 0 Å². The fraction of sp³-hybridized carbons (Fsp3) is 0.811. The van der Waals surface area contributed by atoms with Gasteiger partial charge < -0.3 is 38.9 Å². The summed E-state index contributed by atoms with van der Waals surface area (Å²) in [4.78, 5) is 58.9. The number of esters is 3. The molecule has 2 atom stereocenters. The van der Waals surface area contributed by atoms with Crippen molar-refractivity contribution in [1.82, 2.24) is 10.6 Å². The van der Waals surface area contributed by atoms with E-state index in [1.165, 1.54) is 13.8 Å². The number of unbranched alkanes of at least 4 members (excludes halogenated alkanes) is 7. The Kier molecular flexibility index (Phi) is 26.0. The van der Waals surface area contributed by atoms with Crippen molar-refractivity contribution in [2.75, 3.05) is 80.7 Å². The number of hydrogen-bond acceptors (Lipinski definition) is 9. The van der Waals surface area contributed by atoms with E-state index in [4.69, 9.17) is 14.2 Å². The molecule has 0 aliphatic carbocycles. The number of allylic oxidation sites excluding steroid dienone is 1. The lowest BCUT2D eigenvalue weighted by atomic mass is 10.0. The van der Waals surface area contributed by atoms with E-state index in [9.17, 15) is 29.1 Å². The number of rotatable bonds is 30. The zero-order chi connectivity index (χ0) is 37.8. The molecule has 0 radical (unpaired) electrons. The summed E-state index contributed by atoms with van der Waals surface area (Å²) in [5, 5.41) is 16.5. The predicted octanol–water partition coefficient (Wildman–Crippen LogP) is 3.42. The molecule has 50 heavy (non-hydrogen) atoms. The third kappa shape index (κ3) is 28.8. The van der Waals surface area contributed by atoms with Crippen molar-refractivity contribution in [3.05, 3.63) is 12.2 Å². The van der Waals surface area contributed by atoms with Gasteiger partial charge in [0, 0.05) is 33.4 Å². The van der Waals surface area contributed by atoms with Gasteiger partial charge in [-0.15, -0.1) is 0 Å². The van der Waals surface area contributed by atoms with Crippen molar-refractivity contribution >= 4 is 29.7 Å². The molecule has 2 amide bonds. The Labute approximate surface area is 301 Å². The van der Waals surface area contributed by atoms with E-state index >= 15 is 0 Å². The lowest BCUT2D eigenvalue weighted by molar-refractivity contribution is -0.889. The van der Waals surface area contributed by atoms with E-state index < -0.39 is 12.2 Å². The predicted molar refractivity (Wildman–Crippen MR) is 194 cm³/mol.